The number of rotatable bonds is 4. The van der Waals surface area contributed by atoms with Gasteiger partial charge in [0.05, 0.1) is 11.8 Å². The lowest BCUT2D eigenvalue weighted by Crippen LogP contribution is -2.37. The summed E-state index contributed by atoms with van der Waals surface area (Å²) in [5.74, 6) is 0.283. The second kappa shape index (κ2) is 7.04. The predicted octanol–water partition coefficient (Wildman–Crippen LogP) is 3.13. The molecule has 1 atom stereocenters. The zero-order chi connectivity index (χ0) is 16.2. The Hall–Kier alpha value is -2.01. The number of aryl methyl sites for hydroxylation is 1. The molecule has 0 bridgehead atoms. The Balaban J connectivity index is 1.67. The van der Waals surface area contributed by atoms with E-state index < -0.39 is 6.10 Å². The molecule has 122 valence electrons. The van der Waals surface area contributed by atoms with E-state index in [9.17, 15) is 9.50 Å². The Morgan fingerprint density at radius 2 is 1.91 bits per heavy atom. The van der Waals surface area contributed by atoms with Crippen LogP contribution >= 0.6 is 0 Å². The molecule has 1 unspecified atom stereocenters. The molecule has 1 fully saturated rings. The SMILES string of the molecule is CCc1ncnc(N2CCC(C(O)c3ccccc3)CC2)c1F. The third kappa shape index (κ3) is 3.34. The highest BCUT2D eigenvalue weighted by Gasteiger charge is 2.28. The Bertz CT molecular complexity index is 642. The van der Waals surface area contributed by atoms with Gasteiger partial charge in [0.1, 0.15) is 6.33 Å². The minimum absolute atomic E-state index is 0.198. The summed E-state index contributed by atoms with van der Waals surface area (Å²) in [5.41, 5.74) is 1.41. The lowest BCUT2D eigenvalue weighted by atomic mass is 9.87. The molecule has 0 radical (unpaired) electrons. The second-order valence-electron chi connectivity index (χ2n) is 5.99. The van der Waals surface area contributed by atoms with Gasteiger partial charge in [-0.25, -0.2) is 14.4 Å². The van der Waals surface area contributed by atoms with E-state index >= 15 is 0 Å². The van der Waals surface area contributed by atoms with Crippen LogP contribution in [-0.4, -0.2) is 28.2 Å². The van der Waals surface area contributed by atoms with Crippen molar-refractivity contribution in [2.75, 3.05) is 18.0 Å². The third-order valence-electron chi connectivity index (χ3n) is 4.60. The number of benzene rings is 1. The lowest BCUT2D eigenvalue weighted by Gasteiger charge is -2.35. The van der Waals surface area contributed by atoms with Crippen LogP contribution < -0.4 is 4.90 Å². The summed E-state index contributed by atoms with van der Waals surface area (Å²) in [6.45, 7) is 3.29. The highest BCUT2D eigenvalue weighted by Crippen LogP contribution is 2.32. The summed E-state index contributed by atoms with van der Waals surface area (Å²) in [5, 5.41) is 10.5. The van der Waals surface area contributed by atoms with Crippen molar-refractivity contribution in [2.45, 2.75) is 32.3 Å². The number of hydrogen-bond acceptors (Lipinski definition) is 4. The minimum atomic E-state index is -0.459. The minimum Gasteiger partial charge on any atom is -0.388 e. The molecule has 1 aliphatic heterocycles. The fraction of sp³-hybridized carbons (Fsp3) is 0.444. The molecule has 0 saturated carbocycles. The van der Waals surface area contributed by atoms with Gasteiger partial charge in [0.15, 0.2) is 11.6 Å². The highest BCUT2D eigenvalue weighted by atomic mass is 19.1. The van der Waals surface area contributed by atoms with Crippen molar-refractivity contribution in [2.24, 2.45) is 5.92 Å². The molecule has 2 heterocycles. The number of aromatic nitrogens is 2. The predicted molar refractivity (Wildman–Crippen MR) is 87.7 cm³/mol. The topological polar surface area (TPSA) is 49.2 Å². The highest BCUT2D eigenvalue weighted by molar-refractivity contribution is 5.41. The quantitative estimate of drug-likeness (QED) is 0.942. The summed E-state index contributed by atoms with van der Waals surface area (Å²) in [7, 11) is 0. The maximum absolute atomic E-state index is 14.4. The van der Waals surface area contributed by atoms with Crippen LogP contribution in [0.5, 0.6) is 0 Å². The molecule has 3 rings (SSSR count). The van der Waals surface area contributed by atoms with E-state index in [1.165, 1.54) is 6.33 Å². The maximum Gasteiger partial charge on any atom is 0.187 e. The van der Waals surface area contributed by atoms with Crippen LogP contribution in [0.3, 0.4) is 0 Å². The number of piperidine rings is 1. The van der Waals surface area contributed by atoms with Crippen molar-refractivity contribution in [3.05, 3.63) is 53.7 Å². The first-order valence-corrected chi connectivity index (χ1v) is 8.18. The molecule has 5 heteroatoms. The molecule has 1 saturated heterocycles. The lowest BCUT2D eigenvalue weighted by molar-refractivity contribution is 0.0928. The maximum atomic E-state index is 14.4. The number of anilines is 1. The molecule has 0 amide bonds. The van der Waals surface area contributed by atoms with Crippen LogP contribution in [0, 0.1) is 11.7 Å². The molecule has 1 aromatic carbocycles. The first-order valence-electron chi connectivity index (χ1n) is 8.18. The molecule has 1 N–H and O–H groups in total. The second-order valence-corrected chi connectivity index (χ2v) is 5.99. The summed E-state index contributed by atoms with van der Waals surface area (Å²) < 4.78 is 14.4. The number of halogens is 1. The van der Waals surface area contributed by atoms with Gasteiger partial charge in [0, 0.05) is 13.1 Å². The summed E-state index contributed by atoms with van der Waals surface area (Å²) >= 11 is 0. The van der Waals surface area contributed by atoms with Crippen molar-refractivity contribution < 1.29 is 9.50 Å². The zero-order valence-electron chi connectivity index (χ0n) is 13.3. The molecule has 0 spiro atoms. The fourth-order valence-corrected chi connectivity index (χ4v) is 3.21. The van der Waals surface area contributed by atoms with Crippen molar-refractivity contribution in [1.82, 2.24) is 9.97 Å². The summed E-state index contributed by atoms with van der Waals surface area (Å²) in [6, 6.07) is 9.73. The number of aliphatic hydroxyl groups is 1. The van der Waals surface area contributed by atoms with Crippen molar-refractivity contribution >= 4 is 5.82 Å². The Kier molecular flexibility index (Phi) is 4.86. The number of nitrogens with zero attached hydrogens (tertiary/aromatic N) is 3. The van der Waals surface area contributed by atoms with Crippen LogP contribution in [0.2, 0.25) is 0 Å². The van der Waals surface area contributed by atoms with Gasteiger partial charge in [-0.3, -0.25) is 0 Å². The van der Waals surface area contributed by atoms with Crippen molar-refractivity contribution in [3.8, 4) is 0 Å². The molecule has 1 aliphatic rings. The van der Waals surface area contributed by atoms with Gasteiger partial charge in [-0.1, -0.05) is 37.3 Å². The van der Waals surface area contributed by atoms with Crippen LogP contribution in [0.25, 0.3) is 0 Å². The number of hydrogen-bond donors (Lipinski definition) is 1. The van der Waals surface area contributed by atoms with E-state index in [-0.39, 0.29) is 11.7 Å². The Morgan fingerprint density at radius 3 is 2.57 bits per heavy atom. The van der Waals surface area contributed by atoms with Crippen molar-refractivity contribution in [1.29, 1.82) is 0 Å². The van der Waals surface area contributed by atoms with Crippen LogP contribution in [0.1, 0.15) is 37.1 Å². The van der Waals surface area contributed by atoms with Gasteiger partial charge in [-0.15, -0.1) is 0 Å². The van der Waals surface area contributed by atoms with E-state index in [0.717, 1.165) is 18.4 Å². The fourth-order valence-electron chi connectivity index (χ4n) is 3.21. The van der Waals surface area contributed by atoms with Gasteiger partial charge in [0.2, 0.25) is 0 Å². The Labute approximate surface area is 136 Å². The monoisotopic (exact) mass is 315 g/mol. The summed E-state index contributed by atoms with van der Waals surface area (Å²) in [6.07, 6.45) is 3.18. The molecule has 1 aromatic heterocycles. The normalized spacial score (nSPS) is 17.3. The van der Waals surface area contributed by atoms with E-state index in [4.69, 9.17) is 0 Å². The van der Waals surface area contributed by atoms with E-state index in [1.807, 2.05) is 42.2 Å². The van der Waals surface area contributed by atoms with Gasteiger partial charge in [-0.2, -0.15) is 0 Å². The van der Waals surface area contributed by atoms with Gasteiger partial charge in [-0.05, 0) is 30.7 Å². The smallest absolute Gasteiger partial charge is 0.187 e. The van der Waals surface area contributed by atoms with E-state index in [2.05, 4.69) is 9.97 Å². The van der Waals surface area contributed by atoms with Gasteiger partial charge < -0.3 is 10.0 Å². The molecule has 0 aliphatic carbocycles. The van der Waals surface area contributed by atoms with Crippen LogP contribution in [0.15, 0.2) is 36.7 Å². The molecular formula is C18H22FN3O. The van der Waals surface area contributed by atoms with E-state index in [0.29, 0.717) is 31.0 Å². The largest absolute Gasteiger partial charge is 0.388 e. The van der Waals surface area contributed by atoms with E-state index in [1.54, 1.807) is 0 Å². The first-order chi connectivity index (χ1) is 11.2. The first kappa shape index (κ1) is 15.9. The molecule has 4 nitrogen and oxygen atoms in total. The molecule has 2 aromatic rings. The van der Waals surface area contributed by atoms with Crippen molar-refractivity contribution in [3.63, 3.8) is 0 Å². The standard InChI is InChI=1S/C18H22FN3O/c1-2-15-16(19)18(21-12-20-15)22-10-8-14(9-11-22)17(23)13-6-4-3-5-7-13/h3-7,12,14,17,23H,2,8-11H2,1H3. The third-order valence-corrected chi connectivity index (χ3v) is 4.60. The van der Waals surface area contributed by atoms with Crippen LogP contribution in [0.4, 0.5) is 10.2 Å². The van der Waals surface area contributed by atoms with Gasteiger partial charge in [0.25, 0.3) is 0 Å². The van der Waals surface area contributed by atoms with Gasteiger partial charge >= 0.3 is 0 Å². The van der Waals surface area contributed by atoms with Crippen LogP contribution in [-0.2, 0) is 6.42 Å². The average molecular weight is 315 g/mol. The Morgan fingerprint density at radius 1 is 1.22 bits per heavy atom. The molecule has 23 heavy (non-hydrogen) atoms. The summed E-state index contributed by atoms with van der Waals surface area (Å²) in [4.78, 5) is 10.1. The number of aliphatic hydroxyl groups excluding tert-OH is 1. The zero-order valence-corrected chi connectivity index (χ0v) is 13.3. The molecular weight excluding hydrogens is 293 g/mol. The average Bonchev–Trinajstić information content (AvgIpc) is 2.62.